The van der Waals surface area contributed by atoms with Crippen molar-refractivity contribution in [2.45, 2.75) is 145 Å². The number of hydrogen-bond acceptors (Lipinski definition) is 9. The standard InChI is InChI=1S/C13H18O2.C13H16O2.C13H18O.C12H16O.C11H12O2.CH4O.B.Na.H/c2*1-13(2)7-6-9-8-10(15-3)4-5-11(9)12(13)14;1-13(2)7-6-10-8-12(14-3)5-4-11(10)9-13;1-12(2)6-5-9-7-11(13)4-3-10(9)8-12;1-13-9-5-6-10-8(7-9)3-2-4-11(10)12;1-2;;;/h4-5,8,12,14H,6-7H2,1-3H3;4-5,8H,6-7H2,1-3H3;4-5,8H,6-7,9H2,1-3H3;3-4,7,13H,5-6,8H2,1-2H3;5-7H,2-4H2,1H3;2H,1H3;;;/q;;;;;;;+1;-1. The second-order valence-corrected chi connectivity index (χ2v) is 22.8. The minimum atomic E-state index is -0.354. The molecular formula is C63H85BNaO9. The normalized spacial score (nSPS) is 18.2. The number of hydrogen-bond donors (Lipinski definition) is 3. The van der Waals surface area contributed by atoms with Crippen LogP contribution in [-0.2, 0) is 44.9 Å². The van der Waals surface area contributed by atoms with E-state index in [1.807, 2.05) is 74.5 Å². The molecule has 395 valence electrons. The number of methoxy groups -OCH3 is 4. The van der Waals surface area contributed by atoms with Crippen molar-refractivity contribution >= 4 is 20.0 Å². The predicted molar refractivity (Wildman–Crippen MR) is 297 cm³/mol. The molecule has 0 saturated carbocycles. The van der Waals surface area contributed by atoms with E-state index in [9.17, 15) is 19.8 Å². The van der Waals surface area contributed by atoms with Gasteiger partial charge in [0, 0.05) is 38.5 Å². The van der Waals surface area contributed by atoms with E-state index in [0.29, 0.717) is 23.0 Å². The molecule has 3 N–H and O–H groups in total. The van der Waals surface area contributed by atoms with Gasteiger partial charge in [-0.3, -0.25) is 9.59 Å². The van der Waals surface area contributed by atoms with Gasteiger partial charge in [-0.2, -0.15) is 0 Å². The Morgan fingerprint density at radius 2 is 0.905 bits per heavy atom. The van der Waals surface area contributed by atoms with Gasteiger partial charge in [0.15, 0.2) is 11.6 Å². The molecule has 11 heteroatoms. The van der Waals surface area contributed by atoms with Gasteiger partial charge in [-0.25, -0.2) is 0 Å². The zero-order chi connectivity index (χ0) is 53.0. The van der Waals surface area contributed by atoms with Crippen LogP contribution in [0.4, 0.5) is 0 Å². The number of aliphatic hydroxyl groups excluding tert-OH is 2. The van der Waals surface area contributed by atoms with E-state index in [0.717, 1.165) is 109 Å². The van der Waals surface area contributed by atoms with Crippen molar-refractivity contribution in [3.05, 3.63) is 147 Å². The number of rotatable bonds is 4. The smallest absolute Gasteiger partial charge is 1.00 e. The average Bonchev–Trinajstić information content (AvgIpc) is 3.37. The van der Waals surface area contributed by atoms with Gasteiger partial charge < -0.3 is 35.7 Å². The number of phenols is 1. The maximum absolute atomic E-state index is 12.1. The number of ether oxygens (including phenoxy) is 4. The number of carbonyl (C=O) groups is 2. The van der Waals surface area contributed by atoms with Gasteiger partial charge in [0.25, 0.3) is 0 Å². The molecular weight excluding hydrogens is 934 g/mol. The largest absolute Gasteiger partial charge is 1.00 e. The first-order chi connectivity index (χ1) is 34.1. The summed E-state index contributed by atoms with van der Waals surface area (Å²) in [6.45, 7) is 17.6. The third-order valence-corrected chi connectivity index (χ3v) is 15.2. The summed E-state index contributed by atoms with van der Waals surface area (Å²) in [5.74, 6) is 4.47. The number of Topliss-reactive ketones (excluding diaryl/α,β-unsaturated/α-hetero) is 2. The van der Waals surface area contributed by atoms with Gasteiger partial charge in [-0.05, 0) is 211 Å². The summed E-state index contributed by atoms with van der Waals surface area (Å²) < 4.78 is 20.7. The van der Waals surface area contributed by atoms with E-state index < -0.39 is 0 Å². The Hall–Kier alpha value is -4.58. The Labute approximate surface area is 469 Å². The van der Waals surface area contributed by atoms with Crippen LogP contribution in [0.5, 0.6) is 28.7 Å². The summed E-state index contributed by atoms with van der Waals surface area (Å²) >= 11 is 0. The number of ketones is 2. The minimum Gasteiger partial charge on any atom is -1.00 e. The SMILES string of the molecule is CC1(C)CCc2cc(O)ccc2C1.CO.COc1ccc2c(c1)CCC(C)(C)C2.COc1ccc2c(c1)CCC(C)(C)C2=O.COc1ccc2c(c1)CCC(C)(C)C2O.COc1ccc2c(c1)CCCC2=O.[B].[H-].[Na+]. The summed E-state index contributed by atoms with van der Waals surface area (Å²) in [6, 6.07) is 29.6. The van der Waals surface area contributed by atoms with Gasteiger partial charge in [0.05, 0.1) is 34.5 Å². The maximum atomic E-state index is 12.1. The molecule has 10 rings (SSSR count). The molecule has 5 aromatic rings. The third-order valence-electron chi connectivity index (χ3n) is 15.2. The summed E-state index contributed by atoms with van der Waals surface area (Å²) in [4.78, 5) is 23.5. The van der Waals surface area contributed by atoms with Crippen LogP contribution in [0.1, 0.15) is 167 Å². The summed E-state index contributed by atoms with van der Waals surface area (Å²) in [5.41, 5.74) is 12.7. The van der Waals surface area contributed by atoms with E-state index in [-0.39, 0.29) is 67.9 Å². The summed E-state index contributed by atoms with van der Waals surface area (Å²) in [7, 11) is 7.70. The molecule has 0 spiro atoms. The van der Waals surface area contributed by atoms with Crippen molar-refractivity contribution in [2.75, 3.05) is 35.5 Å². The van der Waals surface area contributed by atoms with Crippen molar-refractivity contribution < 1.29 is 74.8 Å². The molecule has 5 aromatic carbocycles. The van der Waals surface area contributed by atoms with Crippen molar-refractivity contribution in [1.29, 1.82) is 0 Å². The van der Waals surface area contributed by atoms with Crippen LogP contribution < -0.4 is 48.5 Å². The van der Waals surface area contributed by atoms with E-state index in [2.05, 4.69) is 65.8 Å². The summed E-state index contributed by atoms with van der Waals surface area (Å²) in [6.07, 6.45) is 13.4. The van der Waals surface area contributed by atoms with E-state index in [1.165, 1.54) is 53.5 Å². The Balaban J connectivity index is 0.000000315. The van der Waals surface area contributed by atoms with Crippen molar-refractivity contribution in [3.63, 3.8) is 0 Å². The maximum Gasteiger partial charge on any atom is 1.00 e. The van der Waals surface area contributed by atoms with Crippen LogP contribution >= 0.6 is 0 Å². The molecule has 0 fully saturated rings. The van der Waals surface area contributed by atoms with Crippen LogP contribution in [0.15, 0.2) is 91.0 Å². The fourth-order valence-corrected chi connectivity index (χ4v) is 10.3. The molecule has 5 aliphatic carbocycles. The molecule has 0 aliphatic heterocycles. The molecule has 0 aromatic heterocycles. The van der Waals surface area contributed by atoms with Crippen molar-refractivity contribution in [3.8, 4) is 28.7 Å². The van der Waals surface area contributed by atoms with E-state index in [1.54, 1.807) is 34.5 Å². The van der Waals surface area contributed by atoms with Crippen molar-refractivity contribution in [1.82, 2.24) is 0 Å². The van der Waals surface area contributed by atoms with Crippen LogP contribution in [-0.4, -0.2) is 70.8 Å². The fourth-order valence-electron chi connectivity index (χ4n) is 10.3. The van der Waals surface area contributed by atoms with E-state index in [4.69, 9.17) is 24.1 Å². The molecule has 0 bridgehead atoms. The molecule has 9 nitrogen and oxygen atoms in total. The van der Waals surface area contributed by atoms with Gasteiger partial charge in [0.2, 0.25) is 0 Å². The van der Waals surface area contributed by atoms with Crippen molar-refractivity contribution in [2.24, 2.45) is 21.7 Å². The first-order valence-electron chi connectivity index (χ1n) is 25.8. The van der Waals surface area contributed by atoms with Crippen LogP contribution in [0.25, 0.3) is 0 Å². The predicted octanol–water partition coefficient (Wildman–Crippen LogP) is 10.2. The molecule has 74 heavy (non-hydrogen) atoms. The fraction of sp³-hybridized carbons (Fsp3) is 0.492. The zero-order valence-electron chi connectivity index (χ0n) is 48.3. The van der Waals surface area contributed by atoms with Gasteiger partial charge in [-0.15, -0.1) is 0 Å². The Morgan fingerprint density at radius 1 is 0.486 bits per heavy atom. The second kappa shape index (κ2) is 28.0. The Bertz CT molecular complexity index is 2640. The quantitative estimate of drug-likeness (QED) is 0.151. The first-order valence-corrected chi connectivity index (χ1v) is 25.8. The molecule has 1 unspecified atom stereocenters. The average molecular weight is 1020 g/mol. The molecule has 1 atom stereocenters. The molecule has 3 radical (unpaired) electrons. The summed E-state index contributed by atoms with van der Waals surface area (Å²) in [5, 5.41) is 26.5. The monoisotopic (exact) mass is 1020 g/mol. The Kier molecular flexibility index (Phi) is 24.1. The second-order valence-electron chi connectivity index (χ2n) is 22.8. The number of carbonyl (C=O) groups excluding carboxylic acids is 2. The number of phenolic OH excluding ortho intramolecular Hbond substituents is 1. The first kappa shape index (κ1) is 63.7. The number of aryl methyl sites for hydroxylation is 5. The van der Waals surface area contributed by atoms with Crippen LogP contribution in [0, 0.1) is 21.7 Å². The zero-order valence-corrected chi connectivity index (χ0v) is 49.3. The molecule has 0 amide bonds. The van der Waals surface area contributed by atoms with Crippen LogP contribution in [0.2, 0.25) is 0 Å². The number of fused-ring (bicyclic) bond motifs is 5. The van der Waals surface area contributed by atoms with Gasteiger partial charge >= 0.3 is 29.6 Å². The molecule has 5 aliphatic rings. The van der Waals surface area contributed by atoms with Gasteiger partial charge in [-0.1, -0.05) is 73.6 Å². The third kappa shape index (κ3) is 17.0. The minimum absolute atomic E-state index is 0. The van der Waals surface area contributed by atoms with Crippen LogP contribution in [0.3, 0.4) is 0 Å². The number of aromatic hydroxyl groups is 1. The topological polar surface area (TPSA) is 132 Å². The Morgan fingerprint density at radius 3 is 1.45 bits per heavy atom. The molecule has 0 heterocycles. The molecule has 0 saturated heterocycles. The number of aliphatic hydroxyl groups is 2. The van der Waals surface area contributed by atoms with Gasteiger partial charge in [0.1, 0.15) is 28.7 Å². The number of benzene rings is 5. The van der Waals surface area contributed by atoms with E-state index >= 15 is 0 Å².